The summed E-state index contributed by atoms with van der Waals surface area (Å²) in [5.74, 6) is -0.352. The van der Waals surface area contributed by atoms with E-state index in [0.29, 0.717) is 22.3 Å². The Hall–Kier alpha value is -1.97. The third kappa shape index (κ3) is 4.24. The second kappa shape index (κ2) is 9.45. The van der Waals surface area contributed by atoms with Gasteiger partial charge in [0.1, 0.15) is 11.6 Å². The molecule has 0 spiro atoms. The van der Waals surface area contributed by atoms with E-state index in [1.807, 2.05) is 36.4 Å². The Morgan fingerprint density at radius 1 is 0.800 bits per heavy atom. The maximum Gasteiger partial charge on any atom is 0.149 e. The van der Waals surface area contributed by atoms with Crippen LogP contribution in [-0.4, -0.2) is 8.80 Å². The van der Waals surface area contributed by atoms with Crippen LogP contribution in [-0.2, 0) is 0 Å². The van der Waals surface area contributed by atoms with Crippen LogP contribution in [0.5, 0.6) is 0 Å². The van der Waals surface area contributed by atoms with Crippen LogP contribution in [0.25, 0.3) is 22.3 Å². The molecule has 1 heterocycles. The molecule has 1 aliphatic rings. The summed E-state index contributed by atoms with van der Waals surface area (Å²) >= 11 is 6.01. The molecule has 3 aromatic rings. The molecular weight excluding hydrogens is 414 g/mol. The molecule has 0 bridgehead atoms. The van der Waals surface area contributed by atoms with Crippen molar-refractivity contribution in [2.75, 3.05) is 0 Å². The number of rotatable bonds is 5. The Balaban J connectivity index is 1.72. The van der Waals surface area contributed by atoms with Crippen LogP contribution >= 0.6 is 11.6 Å². The summed E-state index contributed by atoms with van der Waals surface area (Å²) in [7, 11) is -0.240. The van der Waals surface area contributed by atoms with Crippen molar-refractivity contribution in [1.29, 1.82) is 0 Å². The molecule has 3 aromatic carbocycles. The minimum absolute atomic E-state index is 0.0726. The molecule has 4 rings (SSSR count). The van der Waals surface area contributed by atoms with Crippen molar-refractivity contribution in [1.82, 2.24) is 0 Å². The van der Waals surface area contributed by atoms with Crippen molar-refractivity contribution in [3.05, 3.63) is 82.9 Å². The number of benzene rings is 3. The summed E-state index contributed by atoms with van der Waals surface area (Å²) in [4.78, 5) is 0. The summed E-state index contributed by atoms with van der Waals surface area (Å²) in [6, 6.07) is 21.9. The lowest BCUT2D eigenvalue weighted by atomic mass is 9.88. The van der Waals surface area contributed by atoms with E-state index in [2.05, 4.69) is 6.92 Å². The van der Waals surface area contributed by atoms with E-state index in [4.69, 9.17) is 11.6 Å². The highest BCUT2D eigenvalue weighted by molar-refractivity contribution is 6.59. The molecule has 1 radical (unpaired) electrons. The fourth-order valence-corrected chi connectivity index (χ4v) is 7.82. The van der Waals surface area contributed by atoms with E-state index >= 15 is 4.39 Å². The first-order valence-corrected chi connectivity index (χ1v) is 13.3. The van der Waals surface area contributed by atoms with E-state index in [9.17, 15) is 4.39 Å². The first-order valence-electron chi connectivity index (χ1n) is 10.8. The van der Waals surface area contributed by atoms with Gasteiger partial charge in [-0.2, -0.15) is 0 Å². The molecule has 4 heteroatoms. The van der Waals surface area contributed by atoms with Gasteiger partial charge in [0.2, 0.25) is 0 Å². The SMILES string of the molecule is CCC[Si]1CCC(c2cccc(-c3ccccc3-c3cccc(Cl)c3F)c2F)CC1. The predicted octanol–water partition coefficient (Wildman–Crippen LogP) is 8.73. The molecule has 1 fully saturated rings. The molecule has 1 aliphatic heterocycles. The molecule has 0 atom stereocenters. The summed E-state index contributed by atoms with van der Waals surface area (Å²) < 4.78 is 30.5. The maximum absolute atomic E-state index is 15.8. The summed E-state index contributed by atoms with van der Waals surface area (Å²) in [6.45, 7) is 2.26. The zero-order valence-electron chi connectivity index (χ0n) is 17.2. The quantitative estimate of drug-likeness (QED) is 0.348. The second-order valence-corrected chi connectivity index (χ2v) is 11.5. The molecule has 0 N–H and O–H groups in total. The average Bonchev–Trinajstić information content (AvgIpc) is 2.77. The van der Waals surface area contributed by atoms with Crippen LogP contribution in [0, 0.1) is 11.6 Å². The average molecular weight is 440 g/mol. The molecule has 155 valence electrons. The van der Waals surface area contributed by atoms with Crippen molar-refractivity contribution >= 4 is 20.4 Å². The van der Waals surface area contributed by atoms with Gasteiger partial charge in [-0.15, -0.1) is 0 Å². The zero-order chi connectivity index (χ0) is 21.1. The van der Waals surface area contributed by atoms with Crippen molar-refractivity contribution in [2.45, 2.75) is 50.2 Å². The lowest BCUT2D eigenvalue weighted by molar-refractivity contribution is 0.546. The third-order valence-corrected chi connectivity index (χ3v) is 9.71. The van der Waals surface area contributed by atoms with Crippen LogP contribution in [0.2, 0.25) is 23.2 Å². The van der Waals surface area contributed by atoms with Crippen LogP contribution in [0.4, 0.5) is 8.78 Å². The molecule has 0 aromatic heterocycles. The monoisotopic (exact) mass is 439 g/mol. The fourth-order valence-electron chi connectivity index (χ4n) is 4.68. The first kappa shape index (κ1) is 21.3. The Labute approximate surface area is 184 Å². The molecule has 0 unspecified atom stereocenters. The molecule has 1 saturated heterocycles. The van der Waals surface area contributed by atoms with Gasteiger partial charge >= 0.3 is 0 Å². The van der Waals surface area contributed by atoms with Crippen molar-refractivity contribution in [2.24, 2.45) is 0 Å². The first-order chi connectivity index (χ1) is 14.6. The van der Waals surface area contributed by atoms with Crippen molar-refractivity contribution in [3.63, 3.8) is 0 Å². The lowest BCUT2D eigenvalue weighted by Crippen LogP contribution is -2.20. The van der Waals surface area contributed by atoms with Gasteiger partial charge in [0.05, 0.1) is 5.02 Å². The topological polar surface area (TPSA) is 0 Å². The van der Waals surface area contributed by atoms with Crippen LogP contribution < -0.4 is 0 Å². The molecule has 0 aliphatic carbocycles. The van der Waals surface area contributed by atoms with Gasteiger partial charge in [-0.25, -0.2) is 8.78 Å². The second-order valence-electron chi connectivity index (χ2n) is 8.13. The molecule has 0 amide bonds. The molecule has 0 nitrogen and oxygen atoms in total. The highest BCUT2D eigenvalue weighted by Crippen LogP contribution is 2.41. The van der Waals surface area contributed by atoms with E-state index in [-0.39, 0.29) is 25.6 Å². The minimum Gasteiger partial charge on any atom is -0.206 e. The van der Waals surface area contributed by atoms with E-state index < -0.39 is 5.82 Å². The van der Waals surface area contributed by atoms with Gasteiger partial charge in [-0.1, -0.05) is 97.7 Å². The standard InChI is InChI=1S/C26H26ClF2Si/c1-2-15-30-16-13-18(14-17-30)19-9-5-10-22(25(19)28)20-7-3-4-8-21(20)23-11-6-12-24(27)26(23)29/h3-12,18H,2,13-17H2,1H3. The Kier molecular flexibility index (Phi) is 6.70. The summed E-state index contributed by atoms with van der Waals surface area (Å²) in [5.41, 5.74) is 3.10. The summed E-state index contributed by atoms with van der Waals surface area (Å²) in [6.07, 6.45) is 3.43. The molecule has 0 saturated carbocycles. The number of hydrogen-bond donors (Lipinski definition) is 0. The maximum atomic E-state index is 15.8. The van der Waals surface area contributed by atoms with Crippen LogP contribution in [0.3, 0.4) is 0 Å². The summed E-state index contributed by atoms with van der Waals surface area (Å²) in [5, 5.41) is 0.0726. The largest absolute Gasteiger partial charge is 0.206 e. The van der Waals surface area contributed by atoms with Crippen molar-refractivity contribution in [3.8, 4) is 22.3 Å². The third-order valence-electron chi connectivity index (χ3n) is 6.22. The minimum atomic E-state index is -0.471. The highest BCUT2D eigenvalue weighted by Gasteiger charge is 2.26. The lowest BCUT2D eigenvalue weighted by Gasteiger charge is -2.28. The van der Waals surface area contributed by atoms with E-state index in [1.54, 1.807) is 18.2 Å². The Morgan fingerprint density at radius 3 is 2.00 bits per heavy atom. The van der Waals surface area contributed by atoms with Crippen molar-refractivity contribution < 1.29 is 8.78 Å². The number of halogens is 3. The van der Waals surface area contributed by atoms with Gasteiger partial charge < -0.3 is 0 Å². The normalized spacial score (nSPS) is 15.5. The van der Waals surface area contributed by atoms with Crippen LogP contribution in [0.1, 0.15) is 37.7 Å². The van der Waals surface area contributed by atoms with Crippen LogP contribution in [0.15, 0.2) is 60.7 Å². The fraction of sp³-hybridized carbons (Fsp3) is 0.308. The van der Waals surface area contributed by atoms with Gasteiger partial charge in [0.15, 0.2) is 0 Å². The molecule has 30 heavy (non-hydrogen) atoms. The highest BCUT2D eigenvalue weighted by atomic mass is 35.5. The van der Waals surface area contributed by atoms with Gasteiger partial charge in [-0.3, -0.25) is 0 Å². The van der Waals surface area contributed by atoms with Gasteiger partial charge in [-0.05, 0) is 41.5 Å². The van der Waals surface area contributed by atoms with Gasteiger partial charge in [0.25, 0.3) is 0 Å². The van der Waals surface area contributed by atoms with Gasteiger partial charge in [0, 0.05) is 19.9 Å². The molecular formula is C26H26ClF2Si. The zero-order valence-corrected chi connectivity index (χ0v) is 19.0. The predicted molar refractivity (Wildman–Crippen MR) is 125 cm³/mol. The smallest absolute Gasteiger partial charge is 0.149 e. The number of hydrogen-bond acceptors (Lipinski definition) is 0. The van der Waals surface area contributed by atoms with E-state index in [1.165, 1.54) is 30.6 Å². The van der Waals surface area contributed by atoms with E-state index in [0.717, 1.165) is 18.4 Å². The Bertz CT molecular complexity index is 1030. The Morgan fingerprint density at radius 2 is 1.37 bits per heavy atom.